The van der Waals surface area contributed by atoms with Crippen molar-refractivity contribution in [2.75, 3.05) is 0 Å². The molecule has 2 fully saturated rings. The lowest BCUT2D eigenvalue weighted by Crippen LogP contribution is -2.32. The predicted octanol–water partition coefficient (Wildman–Crippen LogP) is 0.285. The molecule has 1 aliphatic heterocycles. The lowest BCUT2D eigenvalue weighted by atomic mass is 10.2. The molecule has 2 heterocycles. The largest absolute Gasteiger partial charge is 0.477 e. The van der Waals surface area contributed by atoms with Crippen molar-refractivity contribution in [2.24, 2.45) is 11.8 Å². The van der Waals surface area contributed by atoms with E-state index in [0.717, 1.165) is 0 Å². The van der Waals surface area contributed by atoms with Crippen LogP contribution in [0.25, 0.3) is 0 Å². The van der Waals surface area contributed by atoms with E-state index in [4.69, 9.17) is 5.11 Å². The summed E-state index contributed by atoms with van der Waals surface area (Å²) in [7, 11) is 0. The predicted molar refractivity (Wildman–Crippen MR) is 58.4 cm³/mol. The molecule has 0 aromatic carbocycles. The molecule has 2 atom stereocenters. The minimum atomic E-state index is -1.13. The average Bonchev–Trinajstić information content (AvgIpc) is 3.10. The van der Waals surface area contributed by atoms with Crippen LogP contribution in [-0.2, 0) is 16.1 Å². The lowest BCUT2D eigenvalue weighted by Gasteiger charge is -2.15. The van der Waals surface area contributed by atoms with Crippen LogP contribution in [0.3, 0.4) is 0 Å². The minimum Gasteiger partial charge on any atom is -0.477 e. The number of carbonyl (C=O) groups excluding carboxylic acids is 2. The highest BCUT2D eigenvalue weighted by atomic mass is 16.4. The second kappa shape index (κ2) is 3.63. The molecule has 6 heteroatoms. The molecule has 18 heavy (non-hydrogen) atoms. The molecule has 0 spiro atoms. The minimum absolute atomic E-state index is 0.0613. The third-order valence-electron chi connectivity index (χ3n) is 3.30. The Morgan fingerprint density at radius 1 is 1.33 bits per heavy atom. The molecule has 2 amide bonds. The topological polar surface area (TPSA) is 87.6 Å². The maximum atomic E-state index is 11.7. The van der Waals surface area contributed by atoms with Crippen molar-refractivity contribution in [1.82, 2.24) is 9.88 Å². The number of carboxylic acid groups (broad SMARTS) is 1. The molecule has 92 valence electrons. The Hall–Kier alpha value is -2.24. The van der Waals surface area contributed by atoms with Crippen molar-refractivity contribution in [2.45, 2.75) is 13.0 Å². The first-order chi connectivity index (χ1) is 8.58. The zero-order chi connectivity index (χ0) is 12.9. The van der Waals surface area contributed by atoms with E-state index in [9.17, 15) is 14.4 Å². The first kappa shape index (κ1) is 10.9. The number of rotatable bonds is 3. The van der Waals surface area contributed by atoms with Crippen LogP contribution in [-0.4, -0.2) is 32.8 Å². The molecule has 1 aromatic heterocycles. The summed E-state index contributed by atoms with van der Waals surface area (Å²) >= 11 is 0. The van der Waals surface area contributed by atoms with Gasteiger partial charge in [0.1, 0.15) is 5.69 Å². The van der Waals surface area contributed by atoms with Crippen molar-refractivity contribution in [3.8, 4) is 0 Å². The highest BCUT2D eigenvalue weighted by Gasteiger charge is 2.58. The highest BCUT2D eigenvalue weighted by molar-refractivity contribution is 6.08. The second-order valence-corrected chi connectivity index (χ2v) is 4.53. The van der Waals surface area contributed by atoms with Gasteiger partial charge in [0, 0.05) is 0 Å². The van der Waals surface area contributed by atoms with Crippen LogP contribution in [0.2, 0.25) is 0 Å². The number of imide groups is 1. The summed E-state index contributed by atoms with van der Waals surface area (Å²) in [6.07, 6.45) is 0.663. The van der Waals surface area contributed by atoms with Gasteiger partial charge in [-0.3, -0.25) is 14.5 Å². The van der Waals surface area contributed by atoms with Crippen LogP contribution in [0.1, 0.15) is 22.6 Å². The molecule has 0 bridgehead atoms. The number of fused-ring (bicyclic) bond motifs is 1. The quantitative estimate of drug-likeness (QED) is 0.774. The Morgan fingerprint density at radius 2 is 2.00 bits per heavy atom. The SMILES string of the molecule is O=C(O)c1cccc(CN2C(=O)C3CC3C2=O)n1. The fraction of sp³-hybridized carbons (Fsp3) is 0.333. The molecular formula is C12H10N2O4. The average molecular weight is 246 g/mol. The van der Waals surface area contributed by atoms with E-state index in [1.165, 1.54) is 11.0 Å². The van der Waals surface area contributed by atoms with Crippen molar-refractivity contribution in [1.29, 1.82) is 0 Å². The molecular weight excluding hydrogens is 236 g/mol. The molecule has 1 saturated heterocycles. The summed E-state index contributed by atoms with van der Waals surface area (Å²) in [4.78, 5) is 39.3. The van der Waals surface area contributed by atoms with Gasteiger partial charge in [-0.25, -0.2) is 9.78 Å². The van der Waals surface area contributed by atoms with E-state index in [-0.39, 0.29) is 35.9 Å². The van der Waals surface area contributed by atoms with Gasteiger partial charge < -0.3 is 5.11 Å². The molecule has 0 radical (unpaired) electrons. The normalized spacial score (nSPS) is 25.2. The van der Waals surface area contributed by atoms with Crippen LogP contribution in [0, 0.1) is 11.8 Å². The molecule has 3 rings (SSSR count). The number of nitrogens with zero attached hydrogens (tertiary/aromatic N) is 2. The van der Waals surface area contributed by atoms with E-state index in [1.807, 2.05) is 0 Å². The third kappa shape index (κ3) is 1.57. The van der Waals surface area contributed by atoms with Gasteiger partial charge in [-0.1, -0.05) is 6.07 Å². The van der Waals surface area contributed by atoms with Crippen LogP contribution in [0.5, 0.6) is 0 Å². The maximum absolute atomic E-state index is 11.7. The number of aromatic carboxylic acids is 1. The summed E-state index contributed by atoms with van der Waals surface area (Å²) < 4.78 is 0. The number of carbonyl (C=O) groups is 3. The summed E-state index contributed by atoms with van der Waals surface area (Å²) in [5, 5.41) is 8.81. The van der Waals surface area contributed by atoms with Gasteiger partial charge in [-0.2, -0.15) is 0 Å². The van der Waals surface area contributed by atoms with Crippen molar-refractivity contribution in [3.05, 3.63) is 29.6 Å². The van der Waals surface area contributed by atoms with E-state index < -0.39 is 5.97 Å². The summed E-state index contributed by atoms with van der Waals surface area (Å²) in [5.41, 5.74) is 0.328. The Balaban J connectivity index is 1.81. The Bertz CT molecular complexity index is 549. The van der Waals surface area contributed by atoms with Crippen molar-refractivity contribution in [3.63, 3.8) is 0 Å². The van der Waals surface area contributed by atoms with E-state index in [2.05, 4.69) is 4.98 Å². The number of amides is 2. The molecule has 1 saturated carbocycles. The van der Waals surface area contributed by atoms with Crippen LogP contribution in [0.15, 0.2) is 18.2 Å². The third-order valence-corrected chi connectivity index (χ3v) is 3.30. The Morgan fingerprint density at radius 3 is 2.61 bits per heavy atom. The first-order valence-corrected chi connectivity index (χ1v) is 5.62. The fourth-order valence-corrected chi connectivity index (χ4v) is 2.25. The van der Waals surface area contributed by atoms with Crippen molar-refractivity contribution < 1.29 is 19.5 Å². The molecule has 1 aliphatic carbocycles. The Labute approximate surface area is 102 Å². The van der Waals surface area contributed by atoms with Gasteiger partial charge in [0.2, 0.25) is 11.8 Å². The van der Waals surface area contributed by atoms with E-state index >= 15 is 0 Å². The summed E-state index contributed by atoms with van der Waals surface area (Å²) in [5.74, 6) is -1.72. The lowest BCUT2D eigenvalue weighted by molar-refractivity contribution is -0.142. The van der Waals surface area contributed by atoms with Gasteiger partial charge in [-0.05, 0) is 18.6 Å². The van der Waals surface area contributed by atoms with Gasteiger partial charge in [0.15, 0.2) is 0 Å². The van der Waals surface area contributed by atoms with E-state index in [0.29, 0.717) is 12.1 Å². The summed E-state index contributed by atoms with van der Waals surface area (Å²) in [6.45, 7) is 0.0613. The molecule has 1 aromatic rings. The number of pyridine rings is 1. The molecule has 1 N–H and O–H groups in total. The van der Waals surface area contributed by atoms with Crippen LogP contribution >= 0.6 is 0 Å². The molecule has 6 nitrogen and oxygen atoms in total. The van der Waals surface area contributed by atoms with Crippen molar-refractivity contribution >= 4 is 17.8 Å². The standard InChI is InChI=1S/C12H10N2O4/c15-10-7-4-8(7)11(16)14(10)5-6-2-1-3-9(13-6)12(17)18/h1-3,7-8H,4-5H2,(H,17,18). The smallest absolute Gasteiger partial charge is 0.354 e. The van der Waals surface area contributed by atoms with Gasteiger partial charge in [0.25, 0.3) is 0 Å². The van der Waals surface area contributed by atoms with Gasteiger partial charge in [0.05, 0.1) is 24.1 Å². The number of hydrogen-bond donors (Lipinski definition) is 1. The second-order valence-electron chi connectivity index (χ2n) is 4.53. The number of hydrogen-bond acceptors (Lipinski definition) is 4. The Kier molecular flexibility index (Phi) is 2.19. The maximum Gasteiger partial charge on any atom is 0.354 e. The monoisotopic (exact) mass is 246 g/mol. The number of carboxylic acids is 1. The molecule has 2 unspecified atom stereocenters. The van der Waals surface area contributed by atoms with Gasteiger partial charge in [-0.15, -0.1) is 0 Å². The molecule has 2 aliphatic rings. The highest BCUT2D eigenvalue weighted by Crippen LogP contribution is 2.47. The summed E-state index contributed by atoms with van der Waals surface area (Å²) in [6, 6.07) is 4.53. The van der Waals surface area contributed by atoms with Crippen LogP contribution in [0.4, 0.5) is 0 Å². The van der Waals surface area contributed by atoms with E-state index in [1.54, 1.807) is 12.1 Å². The van der Waals surface area contributed by atoms with Crippen LogP contribution < -0.4 is 0 Å². The van der Waals surface area contributed by atoms with Gasteiger partial charge >= 0.3 is 5.97 Å². The zero-order valence-corrected chi connectivity index (χ0v) is 9.37. The number of likely N-dealkylation sites (tertiary alicyclic amines) is 1. The fourth-order valence-electron chi connectivity index (χ4n) is 2.25. The zero-order valence-electron chi connectivity index (χ0n) is 9.37. The number of aromatic nitrogens is 1. The first-order valence-electron chi connectivity index (χ1n) is 5.62. The number of piperidine rings is 1.